The highest BCUT2D eigenvalue weighted by atomic mass is 32.2. The molecule has 0 aliphatic carbocycles. The quantitative estimate of drug-likeness (QED) is 0.527. The molecule has 0 unspecified atom stereocenters. The monoisotopic (exact) mass is 338 g/mol. The first-order valence-corrected chi connectivity index (χ1v) is 10.4. The third-order valence-corrected chi connectivity index (χ3v) is 5.99. The van der Waals surface area contributed by atoms with Crippen molar-refractivity contribution in [3.05, 3.63) is 0 Å². The van der Waals surface area contributed by atoms with Gasteiger partial charge in [0.1, 0.15) is 0 Å². The van der Waals surface area contributed by atoms with Gasteiger partial charge in [-0.1, -0.05) is 6.92 Å². The summed E-state index contributed by atoms with van der Waals surface area (Å²) in [6.07, 6.45) is 1.94. The molecule has 0 aromatic heterocycles. The van der Waals surface area contributed by atoms with Gasteiger partial charge < -0.3 is 10.2 Å². The second-order valence-corrected chi connectivity index (χ2v) is 8.37. The second-order valence-electron chi connectivity index (χ2n) is 5.28. The van der Waals surface area contributed by atoms with E-state index in [1.807, 2.05) is 11.8 Å². The SMILES string of the molecule is CCCNCCCN(C)S(=O)(=O)NCCN1CCSCC1. The molecule has 1 rings (SSSR count). The zero-order chi connectivity index (χ0) is 15.6. The van der Waals surface area contributed by atoms with Crippen molar-refractivity contribution in [2.45, 2.75) is 19.8 Å². The maximum Gasteiger partial charge on any atom is 0.279 e. The van der Waals surface area contributed by atoms with E-state index in [9.17, 15) is 8.42 Å². The summed E-state index contributed by atoms with van der Waals surface area (Å²) in [5.41, 5.74) is 0. The Kier molecular flexibility index (Phi) is 9.87. The predicted molar refractivity (Wildman–Crippen MR) is 91.1 cm³/mol. The van der Waals surface area contributed by atoms with Crippen LogP contribution in [0.2, 0.25) is 0 Å². The van der Waals surface area contributed by atoms with Crippen LogP contribution >= 0.6 is 11.8 Å². The first-order chi connectivity index (χ1) is 10.1. The highest BCUT2D eigenvalue weighted by Gasteiger charge is 2.17. The van der Waals surface area contributed by atoms with Crippen molar-refractivity contribution in [1.29, 1.82) is 0 Å². The molecule has 2 N–H and O–H groups in total. The molecule has 1 saturated heterocycles. The summed E-state index contributed by atoms with van der Waals surface area (Å²) in [6.45, 7) is 7.93. The number of hydrogen-bond donors (Lipinski definition) is 2. The third kappa shape index (κ3) is 8.37. The van der Waals surface area contributed by atoms with Gasteiger partial charge in [-0.05, 0) is 25.9 Å². The van der Waals surface area contributed by atoms with E-state index in [1.54, 1.807) is 7.05 Å². The lowest BCUT2D eigenvalue weighted by Gasteiger charge is -2.26. The summed E-state index contributed by atoms with van der Waals surface area (Å²) in [5.74, 6) is 2.30. The Balaban J connectivity index is 2.15. The average molecular weight is 339 g/mol. The summed E-state index contributed by atoms with van der Waals surface area (Å²) in [7, 11) is -1.69. The lowest BCUT2D eigenvalue weighted by atomic mass is 10.4. The van der Waals surface area contributed by atoms with Crippen molar-refractivity contribution >= 4 is 22.0 Å². The van der Waals surface area contributed by atoms with Gasteiger partial charge in [-0.15, -0.1) is 0 Å². The Hall–Kier alpha value is 0.140. The van der Waals surface area contributed by atoms with Gasteiger partial charge in [0.15, 0.2) is 0 Å². The largest absolute Gasteiger partial charge is 0.317 e. The van der Waals surface area contributed by atoms with Gasteiger partial charge in [-0.2, -0.15) is 24.5 Å². The van der Waals surface area contributed by atoms with Crippen LogP contribution in [0, 0.1) is 0 Å². The van der Waals surface area contributed by atoms with E-state index < -0.39 is 10.2 Å². The molecular weight excluding hydrogens is 308 g/mol. The van der Waals surface area contributed by atoms with Crippen LogP contribution in [0.3, 0.4) is 0 Å². The average Bonchev–Trinajstić information content (AvgIpc) is 2.47. The molecule has 0 amide bonds. The maximum atomic E-state index is 12.1. The van der Waals surface area contributed by atoms with Gasteiger partial charge in [0.2, 0.25) is 0 Å². The van der Waals surface area contributed by atoms with Crippen LogP contribution in [0.5, 0.6) is 0 Å². The molecular formula is C13H30N4O2S2. The number of hydrogen-bond acceptors (Lipinski definition) is 5. The lowest BCUT2D eigenvalue weighted by Crippen LogP contribution is -2.44. The van der Waals surface area contributed by atoms with Crippen LogP contribution in [0.1, 0.15) is 19.8 Å². The molecule has 0 radical (unpaired) electrons. The topological polar surface area (TPSA) is 64.7 Å². The normalized spacial score (nSPS) is 17.5. The van der Waals surface area contributed by atoms with Crippen LogP contribution in [-0.4, -0.2) is 82.0 Å². The lowest BCUT2D eigenvalue weighted by molar-refractivity contribution is 0.306. The first kappa shape index (κ1) is 19.2. The molecule has 21 heavy (non-hydrogen) atoms. The Morgan fingerprint density at radius 3 is 2.57 bits per heavy atom. The van der Waals surface area contributed by atoms with Gasteiger partial charge >= 0.3 is 0 Å². The number of nitrogens with one attached hydrogen (secondary N) is 2. The molecule has 6 nitrogen and oxygen atoms in total. The molecule has 0 saturated carbocycles. The van der Waals surface area contributed by atoms with E-state index in [1.165, 1.54) is 4.31 Å². The Morgan fingerprint density at radius 2 is 1.90 bits per heavy atom. The Labute approximate surface area is 134 Å². The minimum Gasteiger partial charge on any atom is -0.317 e. The zero-order valence-corrected chi connectivity index (χ0v) is 14.9. The van der Waals surface area contributed by atoms with Crippen LogP contribution < -0.4 is 10.0 Å². The molecule has 0 aromatic rings. The first-order valence-electron chi connectivity index (χ1n) is 7.78. The molecule has 1 fully saturated rings. The second kappa shape index (κ2) is 10.8. The highest BCUT2D eigenvalue weighted by molar-refractivity contribution is 7.99. The minimum atomic E-state index is -3.33. The summed E-state index contributed by atoms with van der Waals surface area (Å²) in [5, 5.41) is 3.28. The molecule has 0 bridgehead atoms. The van der Waals surface area contributed by atoms with Crippen molar-refractivity contribution in [3.63, 3.8) is 0 Å². The fourth-order valence-electron chi connectivity index (χ4n) is 2.12. The molecule has 8 heteroatoms. The Morgan fingerprint density at radius 1 is 1.19 bits per heavy atom. The van der Waals surface area contributed by atoms with E-state index in [4.69, 9.17) is 0 Å². The molecule has 0 aromatic carbocycles. The van der Waals surface area contributed by atoms with Gasteiger partial charge in [-0.3, -0.25) is 0 Å². The summed E-state index contributed by atoms with van der Waals surface area (Å²) >= 11 is 1.96. The van der Waals surface area contributed by atoms with E-state index in [0.29, 0.717) is 13.1 Å². The van der Waals surface area contributed by atoms with Crippen molar-refractivity contribution in [2.24, 2.45) is 0 Å². The summed E-state index contributed by atoms with van der Waals surface area (Å²) < 4.78 is 28.2. The van der Waals surface area contributed by atoms with Crippen molar-refractivity contribution < 1.29 is 8.42 Å². The van der Waals surface area contributed by atoms with Gasteiger partial charge in [-0.25, -0.2) is 4.72 Å². The maximum absolute atomic E-state index is 12.1. The van der Waals surface area contributed by atoms with Gasteiger partial charge in [0.25, 0.3) is 10.2 Å². The highest BCUT2D eigenvalue weighted by Crippen LogP contribution is 2.08. The fourth-order valence-corrected chi connectivity index (χ4v) is 4.03. The molecule has 0 spiro atoms. The summed E-state index contributed by atoms with van der Waals surface area (Å²) in [4.78, 5) is 2.31. The van der Waals surface area contributed by atoms with E-state index in [-0.39, 0.29) is 0 Å². The van der Waals surface area contributed by atoms with E-state index >= 15 is 0 Å². The minimum absolute atomic E-state index is 0.491. The van der Waals surface area contributed by atoms with E-state index in [0.717, 1.165) is 57.1 Å². The number of rotatable bonds is 11. The van der Waals surface area contributed by atoms with Crippen molar-refractivity contribution in [3.8, 4) is 0 Å². The van der Waals surface area contributed by atoms with E-state index in [2.05, 4.69) is 21.9 Å². The molecule has 1 heterocycles. The van der Waals surface area contributed by atoms with Crippen LogP contribution in [-0.2, 0) is 10.2 Å². The smallest absolute Gasteiger partial charge is 0.279 e. The van der Waals surface area contributed by atoms with Crippen molar-refractivity contribution in [1.82, 2.24) is 19.2 Å². The molecule has 0 atom stereocenters. The number of nitrogens with zero attached hydrogens (tertiary/aromatic N) is 2. The summed E-state index contributed by atoms with van der Waals surface area (Å²) in [6, 6.07) is 0. The molecule has 1 aliphatic heterocycles. The van der Waals surface area contributed by atoms with Crippen LogP contribution in [0.4, 0.5) is 0 Å². The number of thioether (sulfide) groups is 1. The van der Waals surface area contributed by atoms with Crippen molar-refractivity contribution in [2.75, 3.05) is 64.4 Å². The van der Waals surface area contributed by atoms with Crippen LogP contribution in [0.15, 0.2) is 0 Å². The third-order valence-electron chi connectivity index (χ3n) is 3.48. The Bertz CT molecular complexity index is 359. The molecule has 1 aliphatic rings. The van der Waals surface area contributed by atoms with Gasteiger partial charge in [0.05, 0.1) is 0 Å². The van der Waals surface area contributed by atoms with Gasteiger partial charge in [0, 0.05) is 51.3 Å². The zero-order valence-electron chi connectivity index (χ0n) is 13.3. The van der Waals surface area contributed by atoms with Crippen LogP contribution in [0.25, 0.3) is 0 Å². The molecule has 126 valence electrons. The predicted octanol–water partition coefficient (Wildman–Crippen LogP) is 0.191. The fraction of sp³-hybridized carbons (Fsp3) is 1.00. The standard InChI is InChI=1S/C13H30N4O2S2/c1-3-5-14-6-4-8-16(2)21(18,19)15-7-9-17-10-12-20-13-11-17/h14-15H,3-13H2,1-2H3.